The number of rotatable bonds is 4. The Labute approximate surface area is 169 Å². The first-order valence-corrected chi connectivity index (χ1v) is 9.89. The molecule has 12 heteroatoms. The predicted molar refractivity (Wildman–Crippen MR) is 99.4 cm³/mol. The third-order valence-corrected chi connectivity index (χ3v) is 6.02. The van der Waals surface area contributed by atoms with E-state index in [9.17, 15) is 27.7 Å². The molecule has 0 aromatic carbocycles. The van der Waals surface area contributed by atoms with Gasteiger partial charge in [0.15, 0.2) is 5.69 Å². The maximum absolute atomic E-state index is 13.4. The molecule has 0 spiro atoms. The van der Waals surface area contributed by atoms with Crippen LogP contribution in [0.25, 0.3) is 11.4 Å². The molecule has 4 rings (SSSR count). The molecule has 0 aliphatic heterocycles. The summed E-state index contributed by atoms with van der Waals surface area (Å²) in [6.07, 6.45) is 2.35. The highest BCUT2D eigenvalue weighted by atomic mass is 19.3. The Kier molecular flexibility index (Phi) is 4.97. The van der Waals surface area contributed by atoms with Crippen LogP contribution in [-0.4, -0.2) is 36.3 Å². The highest BCUT2D eigenvalue weighted by molar-refractivity contribution is 5.75. The fourth-order valence-corrected chi connectivity index (χ4v) is 4.23. The molecule has 2 aliphatic rings. The van der Waals surface area contributed by atoms with Crippen molar-refractivity contribution in [2.45, 2.75) is 75.3 Å². The van der Waals surface area contributed by atoms with Crippen molar-refractivity contribution < 1.29 is 22.5 Å². The van der Waals surface area contributed by atoms with Crippen LogP contribution >= 0.6 is 0 Å². The summed E-state index contributed by atoms with van der Waals surface area (Å²) in [4.78, 5) is 10.9. The summed E-state index contributed by atoms with van der Waals surface area (Å²) in [5.74, 6) is -5.41. The van der Waals surface area contributed by atoms with E-state index in [4.69, 9.17) is 5.73 Å². The fraction of sp³-hybridized carbons (Fsp3) is 0.667. The summed E-state index contributed by atoms with van der Waals surface area (Å²) in [6, 6.07) is -0.650. The van der Waals surface area contributed by atoms with Gasteiger partial charge < -0.3 is 5.73 Å². The first-order chi connectivity index (χ1) is 14.0. The van der Waals surface area contributed by atoms with Crippen molar-refractivity contribution >= 4 is 11.4 Å². The van der Waals surface area contributed by atoms with E-state index in [0.717, 1.165) is 0 Å². The van der Waals surface area contributed by atoms with Crippen LogP contribution in [0.1, 0.15) is 63.5 Å². The maximum Gasteiger partial charge on any atom is 0.316 e. The minimum atomic E-state index is -2.72. The van der Waals surface area contributed by atoms with E-state index in [1.807, 2.05) is 0 Å². The van der Waals surface area contributed by atoms with Crippen molar-refractivity contribution in [2.24, 2.45) is 0 Å². The third-order valence-electron chi connectivity index (χ3n) is 6.02. The molecule has 2 fully saturated rings. The highest BCUT2D eigenvalue weighted by Crippen LogP contribution is 2.42. The van der Waals surface area contributed by atoms with Gasteiger partial charge in [0.05, 0.1) is 22.7 Å². The first-order valence-electron chi connectivity index (χ1n) is 9.89. The molecule has 30 heavy (non-hydrogen) atoms. The van der Waals surface area contributed by atoms with Crippen LogP contribution in [0.15, 0.2) is 12.4 Å². The molecule has 0 unspecified atom stereocenters. The molecule has 2 N–H and O–H groups in total. The van der Waals surface area contributed by atoms with Crippen molar-refractivity contribution in [1.82, 2.24) is 19.6 Å². The first kappa shape index (κ1) is 20.6. The van der Waals surface area contributed by atoms with Gasteiger partial charge in [-0.05, 0) is 25.7 Å². The van der Waals surface area contributed by atoms with Crippen LogP contribution in [0, 0.1) is 10.1 Å². The van der Waals surface area contributed by atoms with Crippen LogP contribution in [-0.2, 0) is 0 Å². The lowest BCUT2D eigenvalue weighted by molar-refractivity contribution is -0.384. The Bertz CT molecular complexity index is 937. The standard InChI is InChI=1S/C18H22F4N6O2/c19-17(20)5-1-11(2-6-17)26-9-13(23)15(24-26)16-14(28(29)30)10-27(25-16)12-3-7-18(21,22)8-4-12/h9-12H,1-8,23H2. The van der Waals surface area contributed by atoms with Crippen LogP contribution in [0.3, 0.4) is 0 Å². The molecule has 164 valence electrons. The Morgan fingerprint density at radius 3 is 1.80 bits per heavy atom. The van der Waals surface area contributed by atoms with Gasteiger partial charge in [0.1, 0.15) is 11.9 Å². The zero-order chi connectivity index (χ0) is 21.7. The number of halogens is 4. The number of hydrogen-bond acceptors (Lipinski definition) is 5. The molecule has 2 heterocycles. The maximum atomic E-state index is 13.4. The molecule has 2 aliphatic carbocycles. The van der Waals surface area contributed by atoms with E-state index < -0.39 is 16.8 Å². The SMILES string of the molecule is Nc1cn(C2CCC(F)(F)CC2)nc1-c1nn(C2CCC(F)(F)CC2)cc1[N+](=O)[O-]. The zero-order valence-corrected chi connectivity index (χ0v) is 16.1. The molecule has 0 amide bonds. The topological polar surface area (TPSA) is 105 Å². The van der Waals surface area contributed by atoms with Gasteiger partial charge >= 0.3 is 5.69 Å². The second kappa shape index (κ2) is 7.24. The minimum absolute atomic E-state index is 0.0466. The van der Waals surface area contributed by atoms with Crippen molar-refractivity contribution in [3.05, 3.63) is 22.5 Å². The summed E-state index contributed by atoms with van der Waals surface area (Å²) in [5.41, 5.74) is 5.90. The van der Waals surface area contributed by atoms with Crippen LogP contribution in [0.2, 0.25) is 0 Å². The van der Waals surface area contributed by atoms with E-state index in [2.05, 4.69) is 10.2 Å². The van der Waals surface area contributed by atoms with Crippen molar-refractivity contribution in [2.75, 3.05) is 5.73 Å². The van der Waals surface area contributed by atoms with E-state index >= 15 is 0 Å². The lowest BCUT2D eigenvalue weighted by Crippen LogP contribution is -2.26. The van der Waals surface area contributed by atoms with Crippen LogP contribution in [0.5, 0.6) is 0 Å². The van der Waals surface area contributed by atoms with Gasteiger partial charge in [0.2, 0.25) is 11.8 Å². The Hall–Kier alpha value is -2.66. The van der Waals surface area contributed by atoms with E-state index in [-0.39, 0.29) is 86.2 Å². The molecule has 0 bridgehead atoms. The monoisotopic (exact) mass is 430 g/mol. The molecule has 0 saturated heterocycles. The summed E-state index contributed by atoms with van der Waals surface area (Å²) < 4.78 is 56.5. The van der Waals surface area contributed by atoms with Crippen molar-refractivity contribution in [3.8, 4) is 11.4 Å². The predicted octanol–water partition coefficient (Wildman–Crippen LogP) is 4.74. The number of nitrogens with zero attached hydrogens (tertiary/aromatic N) is 5. The van der Waals surface area contributed by atoms with E-state index in [1.165, 1.54) is 21.8 Å². The number of nitrogen functional groups attached to an aromatic ring is 1. The second-order valence-corrected chi connectivity index (χ2v) is 8.19. The van der Waals surface area contributed by atoms with Gasteiger partial charge in [0.25, 0.3) is 0 Å². The number of nitrogens with two attached hydrogens (primary N) is 1. The van der Waals surface area contributed by atoms with Crippen LogP contribution in [0.4, 0.5) is 28.9 Å². The molecule has 0 atom stereocenters. The number of aromatic nitrogens is 4. The van der Waals surface area contributed by atoms with Gasteiger partial charge in [0, 0.05) is 31.9 Å². The molecule has 2 saturated carbocycles. The normalized spacial score (nSPS) is 22.3. The smallest absolute Gasteiger partial charge is 0.316 e. The zero-order valence-electron chi connectivity index (χ0n) is 16.1. The minimum Gasteiger partial charge on any atom is -0.396 e. The highest BCUT2D eigenvalue weighted by Gasteiger charge is 2.38. The van der Waals surface area contributed by atoms with Gasteiger partial charge in [-0.25, -0.2) is 17.6 Å². The average Bonchev–Trinajstić information content (AvgIpc) is 3.25. The lowest BCUT2D eigenvalue weighted by atomic mass is 9.92. The number of anilines is 1. The number of alkyl halides is 4. The molecular weight excluding hydrogens is 408 g/mol. The molecule has 2 aromatic heterocycles. The Balaban J connectivity index is 1.61. The largest absolute Gasteiger partial charge is 0.396 e. The summed E-state index contributed by atoms with van der Waals surface area (Å²) in [6.45, 7) is 0. The average molecular weight is 430 g/mol. The number of hydrogen-bond donors (Lipinski definition) is 1. The Morgan fingerprint density at radius 2 is 1.33 bits per heavy atom. The van der Waals surface area contributed by atoms with Gasteiger partial charge in [-0.3, -0.25) is 19.5 Å². The molecule has 2 aromatic rings. The second-order valence-electron chi connectivity index (χ2n) is 8.19. The molecule has 0 radical (unpaired) electrons. The summed E-state index contributed by atoms with van der Waals surface area (Å²) in [7, 11) is 0. The van der Waals surface area contributed by atoms with E-state index in [1.54, 1.807) is 0 Å². The van der Waals surface area contributed by atoms with Gasteiger partial charge in [-0.15, -0.1) is 0 Å². The van der Waals surface area contributed by atoms with Crippen molar-refractivity contribution in [3.63, 3.8) is 0 Å². The quantitative estimate of drug-likeness (QED) is 0.429. The Morgan fingerprint density at radius 1 is 0.900 bits per heavy atom. The molecular formula is C18H22F4N6O2. The van der Waals surface area contributed by atoms with E-state index in [0.29, 0.717) is 0 Å². The molecule has 8 nitrogen and oxygen atoms in total. The number of nitro groups is 1. The fourth-order valence-electron chi connectivity index (χ4n) is 4.23. The van der Waals surface area contributed by atoms with Gasteiger partial charge in [-0.1, -0.05) is 0 Å². The lowest BCUT2D eigenvalue weighted by Gasteiger charge is -2.28. The van der Waals surface area contributed by atoms with Gasteiger partial charge in [-0.2, -0.15) is 10.2 Å². The summed E-state index contributed by atoms with van der Waals surface area (Å²) >= 11 is 0. The summed E-state index contributed by atoms with van der Waals surface area (Å²) in [5, 5.41) is 20.2. The van der Waals surface area contributed by atoms with Crippen molar-refractivity contribution in [1.29, 1.82) is 0 Å². The van der Waals surface area contributed by atoms with Crippen LogP contribution < -0.4 is 5.73 Å². The third kappa shape index (κ3) is 3.99.